The molecule has 7 nitrogen and oxygen atoms in total. The molecule has 2 saturated heterocycles. The molecule has 0 spiro atoms. The highest BCUT2D eigenvalue weighted by atomic mass is 16.3. The van der Waals surface area contributed by atoms with Crippen molar-refractivity contribution in [2.45, 2.75) is 13.5 Å². The van der Waals surface area contributed by atoms with Crippen LogP contribution in [0.5, 0.6) is 0 Å². The fraction of sp³-hybridized carbons (Fsp3) is 0.478. The Morgan fingerprint density at radius 2 is 1.40 bits per heavy atom. The number of carbonyl (C=O) groups is 2. The number of furan rings is 1. The molecular weight excluding hydrogens is 380 g/mol. The molecule has 0 saturated carbocycles. The van der Waals surface area contributed by atoms with Gasteiger partial charge in [-0.25, -0.2) is 0 Å². The molecule has 3 heterocycles. The van der Waals surface area contributed by atoms with E-state index in [1.807, 2.05) is 24.0 Å². The highest BCUT2D eigenvalue weighted by molar-refractivity contribution is 5.95. The van der Waals surface area contributed by atoms with Crippen molar-refractivity contribution in [3.05, 3.63) is 59.0 Å². The predicted molar refractivity (Wildman–Crippen MR) is 114 cm³/mol. The Hall–Kier alpha value is -2.64. The van der Waals surface area contributed by atoms with Crippen LogP contribution >= 0.6 is 0 Å². The fourth-order valence-electron chi connectivity index (χ4n) is 4.02. The molecule has 1 aromatic carbocycles. The third-order valence-electron chi connectivity index (χ3n) is 6.01. The first-order chi connectivity index (χ1) is 14.5. The van der Waals surface area contributed by atoms with Crippen molar-refractivity contribution < 1.29 is 14.0 Å². The van der Waals surface area contributed by atoms with Gasteiger partial charge in [0.25, 0.3) is 11.8 Å². The quantitative estimate of drug-likeness (QED) is 0.771. The number of likely N-dealkylation sites (N-methyl/N-ethyl adjacent to an activating group) is 1. The summed E-state index contributed by atoms with van der Waals surface area (Å²) in [5, 5.41) is 0. The summed E-state index contributed by atoms with van der Waals surface area (Å²) in [6, 6.07) is 11.5. The van der Waals surface area contributed by atoms with Crippen LogP contribution in [0.15, 0.2) is 40.8 Å². The molecule has 0 N–H and O–H groups in total. The Labute approximate surface area is 177 Å². The third kappa shape index (κ3) is 4.74. The topological polar surface area (TPSA) is 60.2 Å². The van der Waals surface area contributed by atoms with Crippen LogP contribution in [-0.4, -0.2) is 90.8 Å². The van der Waals surface area contributed by atoms with E-state index >= 15 is 0 Å². The number of piperazine rings is 2. The molecule has 1 aromatic heterocycles. The van der Waals surface area contributed by atoms with Gasteiger partial charge in [-0.15, -0.1) is 0 Å². The van der Waals surface area contributed by atoms with E-state index in [-0.39, 0.29) is 11.8 Å². The lowest BCUT2D eigenvalue weighted by Crippen LogP contribution is -2.50. The number of rotatable bonds is 4. The molecule has 0 unspecified atom stereocenters. The number of carbonyl (C=O) groups excluding carboxylic acids is 2. The van der Waals surface area contributed by atoms with Crippen LogP contribution in [-0.2, 0) is 6.54 Å². The van der Waals surface area contributed by atoms with E-state index in [2.05, 4.69) is 29.0 Å². The number of aryl methyl sites for hydroxylation is 1. The maximum Gasteiger partial charge on any atom is 0.289 e. The SMILES string of the molecule is Cc1ccc(C(=O)N2CCN(C(=O)c3ccc(CN4CCN(C)CC4)cc3)CC2)o1. The maximum absolute atomic E-state index is 12.9. The first-order valence-electron chi connectivity index (χ1n) is 10.6. The molecule has 2 aliphatic rings. The summed E-state index contributed by atoms with van der Waals surface area (Å²) >= 11 is 0. The Morgan fingerprint density at radius 1 is 0.800 bits per heavy atom. The minimum Gasteiger partial charge on any atom is -0.456 e. The molecular formula is C23H30N4O3. The summed E-state index contributed by atoms with van der Waals surface area (Å²) < 4.78 is 5.44. The van der Waals surface area contributed by atoms with Gasteiger partial charge in [-0.2, -0.15) is 0 Å². The van der Waals surface area contributed by atoms with Crippen molar-refractivity contribution in [2.24, 2.45) is 0 Å². The van der Waals surface area contributed by atoms with Crippen molar-refractivity contribution in [3.63, 3.8) is 0 Å². The number of amides is 2. The van der Waals surface area contributed by atoms with Crippen LogP contribution in [0.4, 0.5) is 0 Å². The van der Waals surface area contributed by atoms with Gasteiger partial charge < -0.3 is 19.1 Å². The lowest BCUT2D eigenvalue weighted by Gasteiger charge is -2.34. The van der Waals surface area contributed by atoms with Gasteiger partial charge in [0, 0.05) is 64.5 Å². The van der Waals surface area contributed by atoms with E-state index in [1.54, 1.807) is 17.0 Å². The zero-order chi connectivity index (χ0) is 21.1. The van der Waals surface area contributed by atoms with E-state index < -0.39 is 0 Å². The van der Waals surface area contributed by atoms with Gasteiger partial charge in [0.2, 0.25) is 0 Å². The number of hydrogen-bond acceptors (Lipinski definition) is 5. The first-order valence-corrected chi connectivity index (χ1v) is 10.6. The monoisotopic (exact) mass is 410 g/mol. The Morgan fingerprint density at radius 3 is 1.97 bits per heavy atom. The Balaban J connectivity index is 1.29. The van der Waals surface area contributed by atoms with Crippen LogP contribution in [0.3, 0.4) is 0 Å². The van der Waals surface area contributed by atoms with Crippen LogP contribution < -0.4 is 0 Å². The highest BCUT2D eigenvalue weighted by Gasteiger charge is 2.27. The van der Waals surface area contributed by atoms with E-state index in [1.165, 1.54) is 5.56 Å². The van der Waals surface area contributed by atoms with Crippen LogP contribution in [0, 0.1) is 6.92 Å². The van der Waals surface area contributed by atoms with Gasteiger partial charge >= 0.3 is 0 Å². The zero-order valence-electron chi connectivity index (χ0n) is 17.8. The van der Waals surface area contributed by atoms with Gasteiger partial charge in [0.15, 0.2) is 5.76 Å². The lowest BCUT2D eigenvalue weighted by molar-refractivity contribution is 0.0517. The van der Waals surface area contributed by atoms with E-state index in [0.717, 1.165) is 38.5 Å². The average Bonchev–Trinajstić information content (AvgIpc) is 3.21. The predicted octanol–water partition coefficient (Wildman–Crippen LogP) is 1.93. The van der Waals surface area contributed by atoms with Crippen molar-refractivity contribution >= 4 is 11.8 Å². The molecule has 0 bridgehead atoms. The molecule has 7 heteroatoms. The minimum absolute atomic E-state index is 0.0297. The Bertz CT molecular complexity index is 876. The largest absolute Gasteiger partial charge is 0.456 e. The van der Waals surface area contributed by atoms with Gasteiger partial charge in [-0.3, -0.25) is 14.5 Å². The second kappa shape index (κ2) is 9.02. The standard InChI is InChI=1S/C23H30N4O3/c1-18-3-8-21(30-18)23(29)27-15-13-26(14-16-27)22(28)20-6-4-19(5-7-20)17-25-11-9-24(2)10-12-25/h3-8H,9-17H2,1-2H3. The molecule has 2 amide bonds. The molecule has 30 heavy (non-hydrogen) atoms. The summed E-state index contributed by atoms with van der Waals surface area (Å²) in [5.74, 6) is 1.01. The molecule has 0 aliphatic carbocycles. The number of nitrogens with zero attached hydrogens (tertiary/aromatic N) is 4. The Kier molecular flexibility index (Phi) is 6.20. The molecule has 4 rings (SSSR count). The number of benzene rings is 1. The zero-order valence-corrected chi connectivity index (χ0v) is 17.8. The highest BCUT2D eigenvalue weighted by Crippen LogP contribution is 2.15. The normalized spacial score (nSPS) is 18.6. The van der Waals surface area contributed by atoms with Crippen molar-refractivity contribution in [1.29, 1.82) is 0 Å². The maximum atomic E-state index is 12.9. The van der Waals surface area contributed by atoms with E-state index in [0.29, 0.717) is 37.5 Å². The van der Waals surface area contributed by atoms with Crippen molar-refractivity contribution in [3.8, 4) is 0 Å². The summed E-state index contributed by atoms with van der Waals surface area (Å²) in [5.41, 5.74) is 1.94. The van der Waals surface area contributed by atoms with Gasteiger partial charge in [-0.05, 0) is 43.8 Å². The second-order valence-corrected chi connectivity index (χ2v) is 8.27. The van der Waals surface area contributed by atoms with E-state index in [9.17, 15) is 9.59 Å². The first kappa shape index (κ1) is 20.6. The summed E-state index contributed by atoms with van der Waals surface area (Å²) in [6.07, 6.45) is 0. The molecule has 2 aliphatic heterocycles. The molecule has 2 aromatic rings. The lowest BCUT2D eigenvalue weighted by atomic mass is 10.1. The van der Waals surface area contributed by atoms with Crippen molar-refractivity contribution in [1.82, 2.24) is 19.6 Å². The average molecular weight is 411 g/mol. The van der Waals surface area contributed by atoms with Crippen molar-refractivity contribution in [2.75, 3.05) is 59.4 Å². The van der Waals surface area contributed by atoms with Crippen LogP contribution in [0.25, 0.3) is 0 Å². The number of hydrogen-bond donors (Lipinski definition) is 0. The molecule has 0 radical (unpaired) electrons. The molecule has 160 valence electrons. The summed E-state index contributed by atoms with van der Waals surface area (Å²) in [4.78, 5) is 33.8. The smallest absolute Gasteiger partial charge is 0.289 e. The second-order valence-electron chi connectivity index (χ2n) is 8.27. The molecule has 2 fully saturated rings. The molecule has 0 atom stereocenters. The van der Waals surface area contributed by atoms with Gasteiger partial charge in [0.05, 0.1) is 0 Å². The van der Waals surface area contributed by atoms with Crippen LogP contribution in [0.2, 0.25) is 0 Å². The third-order valence-corrected chi connectivity index (χ3v) is 6.01. The summed E-state index contributed by atoms with van der Waals surface area (Å²) in [6.45, 7) is 9.22. The van der Waals surface area contributed by atoms with E-state index in [4.69, 9.17) is 4.42 Å². The van der Waals surface area contributed by atoms with Crippen LogP contribution in [0.1, 0.15) is 32.2 Å². The minimum atomic E-state index is -0.108. The summed E-state index contributed by atoms with van der Waals surface area (Å²) in [7, 11) is 2.16. The fourth-order valence-corrected chi connectivity index (χ4v) is 4.02. The van der Waals surface area contributed by atoms with Gasteiger partial charge in [-0.1, -0.05) is 12.1 Å². The van der Waals surface area contributed by atoms with Gasteiger partial charge in [0.1, 0.15) is 5.76 Å².